The monoisotopic (exact) mass is 285 g/mol. The number of likely N-dealkylation sites (tertiary alicyclic amines) is 1. The fourth-order valence-corrected chi connectivity index (χ4v) is 3.34. The van der Waals surface area contributed by atoms with Crippen LogP contribution in [0.5, 0.6) is 0 Å². The second-order valence-electron chi connectivity index (χ2n) is 3.95. The van der Waals surface area contributed by atoms with Gasteiger partial charge >= 0.3 is 0 Å². The predicted octanol–water partition coefficient (Wildman–Crippen LogP) is 2.37. The van der Waals surface area contributed by atoms with Gasteiger partial charge in [-0.3, -0.25) is 9.30 Å². The van der Waals surface area contributed by atoms with Crippen LogP contribution in [0.25, 0.3) is 4.96 Å². The van der Waals surface area contributed by atoms with Crippen molar-refractivity contribution in [2.75, 3.05) is 13.1 Å². The minimum Gasteiger partial charge on any atom is -0.297 e. The molecule has 0 spiro atoms. The number of thiazole rings is 1. The van der Waals surface area contributed by atoms with Crippen molar-refractivity contribution in [2.24, 2.45) is 0 Å². The number of hydrogen-bond acceptors (Lipinski definition) is 3. The zero-order valence-electron chi connectivity index (χ0n) is 8.27. The highest BCUT2D eigenvalue weighted by Gasteiger charge is 2.20. The van der Waals surface area contributed by atoms with Crippen LogP contribution in [-0.4, -0.2) is 32.2 Å². The van der Waals surface area contributed by atoms with Gasteiger partial charge in [0.2, 0.25) is 0 Å². The number of aromatic nitrogens is 2. The quantitative estimate of drug-likeness (QED) is 0.790. The zero-order valence-corrected chi connectivity index (χ0v) is 10.7. The van der Waals surface area contributed by atoms with E-state index in [0.717, 1.165) is 18.1 Å². The SMILES string of the molecule is BrC1CCN(Cc2cn3ccsc3n2)C1. The van der Waals surface area contributed by atoms with Crippen molar-refractivity contribution in [2.45, 2.75) is 17.8 Å². The van der Waals surface area contributed by atoms with Crippen molar-refractivity contribution < 1.29 is 0 Å². The molecule has 0 radical (unpaired) electrons. The van der Waals surface area contributed by atoms with Gasteiger partial charge in [-0.2, -0.15) is 0 Å². The highest BCUT2D eigenvalue weighted by Crippen LogP contribution is 2.19. The fourth-order valence-electron chi connectivity index (χ4n) is 2.01. The molecule has 1 saturated heterocycles. The second-order valence-corrected chi connectivity index (χ2v) is 6.11. The Morgan fingerprint density at radius 2 is 2.53 bits per heavy atom. The van der Waals surface area contributed by atoms with Gasteiger partial charge < -0.3 is 0 Å². The molecule has 15 heavy (non-hydrogen) atoms. The van der Waals surface area contributed by atoms with Gasteiger partial charge in [0.25, 0.3) is 0 Å². The molecule has 80 valence electrons. The Kier molecular flexibility index (Phi) is 2.54. The Morgan fingerprint density at radius 3 is 3.27 bits per heavy atom. The number of fused-ring (bicyclic) bond motifs is 1. The van der Waals surface area contributed by atoms with Crippen molar-refractivity contribution in [3.8, 4) is 0 Å². The maximum atomic E-state index is 4.59. The Bertz CT molecular complexity index is 435. The number of nitrogens with zero attached hydrogens (tertiary/aromatic N) is 3. The molecule has 3 rings (SSSR count). The molecule has 3 nitrogen and oxygen atoms in total. The number of imidazole rings is 1. The average molecular weight is 286 g/mol. The summed E-state index contributed by atoms with van der Waals surface area (Å²) in [7, 11) is 0. The van der Waals surface area contributed by atoms with Crippen molar-refractivity contribution in [1.82, 2.24) is 14.3 Å². The van der Waals surface area contributed by atoms with E-state index in [2.05, 4.69) is 48.0 Å². The summed E-state index contributed by atoms with van der Waals surface area (Å²) in [5.41, 5.74) is 1.18. The molecule has 3 heterocycles. The van der Waals surface area contributed by atoms with Gasteiger partial charge in [0.05, 0.1) is 5.69 Å². The second kappa shape index (κ2) is 3.88. The molecule has 5 heteroatoms. The third-order valence-electron chi connectivity index (χ3n) is 2.74. The Hall–Kier alpha value is -0.390. The van der Waals surface area contributed by atoms with Crippen LogP contribution >= 0.6 is 27.3 Å². The molecule has 0 saturated carbocycles. The minimum atomic E-state index is 0.668. The highest BCUT2D eigenvalue weighted by molar-refractivity contribution is 9.09. The van der Waals surface area contributed by atoms with Gasteiger partial charge in [0.1, 0.15) is 0 Å². The molecule has 1 aliphatic heterocycles. The van der Waals surface area contributed by atoms with Gasteiger partial charge in [0, 0.05) is 35.7 Å². The Labute approximate surface area is 101 Å². The number of rotatable bonds is 2. The fraction of sp³-hybridized carbons (Fsp3) is 0.500. The molecule has 0 aromatic carbocycles. The molecule has 2 aromatic rings. The Balaban J connectivity index is 1.75. The first-order valence-electron chi connectivity index (χ1n) is 5.09. The maximum Gasteiger partial charge on any atom is 0.193 e. The van der Waals surface area contributed by atoms with Crippen molar-refractivity contribution in [3.05, 3.63) is 23.5 Å². The number of halogens is 1. The summed E-state index contributed by atoms with van der Waals surface area (Å²) in [5.74, 6) is 0. The average Bonchev–Trinajstić information content (AvgIpc) is 2.81. The minimum absolute atomic E-state index is 0.668. The summed E-state index contributed by atoms with van der Waals surface area (Å²) in [4.78, 5) is 8.80. The summed E-state index contributed by atoms with van der Waals surface area (Å²) >= 11 is 5.34. The first-order valence-corrected chi connectivity index (χ1v) is 6.88. The topological polar surface area (TPSA) is 20.5 Å². The van der Waals surface area contributed by atoms with Gasteiger partial charge in [0.15, 0.2) is 4.96 Å². The Morgan fingerprint density at radius 1 is 1.60 bits per heavy atom. The van der Waals surface area contributed by atoms with E-state index in [0.29, 0.717) is 4.83 Å². The van der Waals surface area contributed by atoms with Crippen LogP contribution in [0.2, 0.25) is 0 Å². The van der Waals surface area contributed by atoms with E-state index in [-0.39, 0.29) is 0 Å². The van der Waals surface area contributed by atoms with Crippen molar-refractivity contribution >= 4 is 32.2 Å². The van der Waals surface area contributed by atoms with Crippen LogP contribution in [0, 0.1) is 0 Å². The smallest absolute Gasteiger partial charge is 0.193 e. The summed E-state index contributed by atoms with van der Waals surface area (Å²) in [6, 6.07) is 0. The standard InChI is InChI=1S/C10H12BrN3S/c11-8-1-2-13(5-8)6-9-7-14-3-4-15-10(14)12-9/h3-4,7-8H,1-2,5-6H2. The zero-order chi connectivity index (χ0) is 10.3. The molecule has 1 fully saturated rings. The largest absolute Gasteiger partial charge is 0.297 e. The molecule has 1 unspecified atom stereocenters. The van der Waals surface area contributed by atoms with Gasteiger partial charge in [-0.15, -0.1) is 11.3 Å². The van der Waals surface area contributed by atoms with Crippen LogP contribution in [0.15, 0.2) is 17.8 Å². The molecule has 0 aliphatic carbocycles. The van der Waals surface area contributed by atoms with E-state index in [1.165, 1.54) is 18.7 Å². The molecule has 2 aromatic heterocycles. The normalized spacial score (nSPS) is 22.9. The van der Waals surface area contributed by atoms with E-state index in [9.17, 15) is 0 Å². The van der Waals surface area contributed by atoms with E-state index in [4.69, 9.17) is 0 Å². The van der Waals surface area contributed by atoms with Crippen LogP contribution < -0.4 is 0 Å². The van der Waals surface area contributed by atoms with Gasteiger partial charge in [-0.1, -0.05) is 15.9 Å². The van der Waals surface area contributed by atoms with Crippen molar-refractivity contribution in [1.29, 1.82) is 0 Å². The molecule has 0 bridgehead atoms. The summed E-state index contributed by atoms with van der Waals surface area (Å²) in [5, 5.41) is 2.07. The highest BCUT2D eigenvalue weighted by atomic mass is 79.9. The molecule has 0 N–H and O–H groups in total. The first-order chi connectivity index (χ1) is 7.31. The number of hydrogen-bond donors (Lipinski definition) is 0. The van der Waals surface area contributed by atoms with E-state index >= 15 is 0 Å². The van der Waals surface area contributed by atoms with Crippen LogP contribution in [-0.2, 0) is 6.54 Å². The molecular weight excluding hydrogens is 274 g/mol. The lowest BCUT2D eigenvalue weighted by Crippen LogP contribution is -2.20. The summed E-state index contributed by atoms with van der Waals surface area (Å²) < 4.78 is 2.10. The van der Waals surface area contributed by atoms with Crippen molar-refractivity contribution in [3.63, 3.8) is 0 Å². The maximum absolute atomic E-state index is 4.59. The first kappa shape index (κ1) is 9.81. The summed E-state index contributed by atoms with van der Waals surface area (Å²) in [6.45, 7) is 3.31. The molecule has 1 atom stereocenters. The van der Waals surface area contributed by atoms with E-state index in [1.54, 1.807) is 11.3 Å². The lowest BCUT2D eigenvalue weighted by molar-refractivity contribution is 0.329. The predicted molar refractivity (Wildman–Crippen MR) is 65.7 cm³/mol. The third kappa shape index (κ3) is 1.96. The molecule has 0 amide bonds. The lowest BCUT2D eigenvalue weighted by Gasteiger charge is -2.12. The lowest BCUT2D eigenvalue weighted by atomic mass is 10.4. The van der Waals surface area contributed by atoms with E-state index < -0.39 is 0 Å². The molecule has 1 aliphatic rings. The molecular formula is C10H12BrN3S. The van der Waals surface area contributed by atoms with E-state index in [1.807, 2.05) is 0 Å². The van der Waals surface area contributed by atoms with Gasteiger partial charge in [-0.25, -0.2) is 4.98 Å². The van der Waals surface area contributed by atoms with Crippen LogP contribution in [0.3, 0.4) is 0 Å². The number of alkyl halides is 1. The van der Waals surface area contributed by atoms with Crippen LogP contribution in [0.1, 0.15) is 12.1 Å². The van der Waals surface area contributed by atoms with Crippen LogP contribution in [0.4, 0.5) is 0 Å². The third-order valence-corrected chi connectivity index (χ3v) is 4.26. The summed E-state index contributed by atoms with van der Waals surface area (Å²) in [6.07, 6.45) is 5.45. The van der Waals surface area contributed by atoms with Gasteiger partial charge in [-0.05, 0) is 13.0 Å².